The van der Waals surface area contributed by atoms with Crippen molar-refractivity contribution in [3.05, 3.63) is 41.7 Å². The Balaban J connectivity index is 2.60. The molecule has 0 aliphatic rings. The molecule has 0 aliphatic carbocycles. The van der Waals surface area contributed by atoms with Crippen LogP contribution in [0.1, 0.15) is 16.2 Å². The lowest BCUT2D eigenvalue weighted by Crippen LogP contribution is -2.10. The molecule has 0 fully saturated rings. The number of hydrogen-bond acceptors (Lipinski definition) is 5. The smallest absolute Gasteiger partial charge is 0.360 e. The summed E-state index contributed by atoms with van der Waals surface area (Å²) in [6, 6.07) is 9.43. The number of aromatic nitrogens is 2. The number of aryl methyl sites for hydroxylation is 1. The van der Waals surface area contributed by atoms with Crippen molar-refractivity contribution in [2.75, 3.05) is 14.2 Å². The molecule has 0 atom stereocenters. The summed E-state index contributed by atoms with van der Waals surface area (Å²) in [5.74, 6) is 0.269. The van der Waals surface area contributed by atoms with E-state index in [1.807, 2.05) is 30.3 Å². The minimum atomic E-state index is -0.542. The van der Waals surface area contributed by atoms with Gasteiger partial charge in [-0.3, -0.25) is 0 Å². The Morgan fingerprint density at radius 3 is 2.37 bits per heavy atom. The van der Waals surface area contributed by atoms with E-state index in [1.54, 1.807) is 6.92 Å². The predicted molar refractivity (Wildman–Crippen MR) is 70.1 cm³/mol. The fourth-order valence-electron chi connectivity index (χ4n) is 1.76. The third-order valence-corrected chi connectivity index (χ3v) is 2.65. The highest BCUT2D eigenvalue weighted by Gasteiger charge is 2.20. The average molecular weight is 258 g/mol. The first-order chi connectivity index (χ1) is 9.17. The van der Waals surface area contributed by atoms with Crippen LogP contribution in [0.25, 0.3) is 11.4 Å². The molecule has 0 saturated carbocycles. The molecule has 0 aliphatic heterocycles. The van der Waals surface area contributed by atoms with Crippen LogP contribution in [-0.4, -0.2) is 30.2 Å². The van der Waals surface area contributed by atoms with E-state index in [0.29, 0.717) is 17.3 Å². The quantitative estimate of drug-likeness (QED) is 0.790. The van der Waals surface area contributed by atoms with E-state index in [9.17, 15) is 4.79 Å². The molecule has 2 aromatic rings. The summed E-state index contributed by atoms with van der Waals surface area (Å²) in [6.45, 7) is 1.76. The first kappa shape index (κ1) is 13.0. The van der Waals surface area contributed by atoms with Crippen molar-refractivity contribution in [2.24, 2.45) is 0 Å². The third-order valence-electron chi connectivity index (χ3n) is 2.65. The average Bonchev–Trinajstić information content (AvgIpc) is 2.46. The lowest BCUT2D eigenvalue weighted by atomic mass is 10.2. The summed E-state index contributed by atoms with van der Waals surface area (Å²) < 4.78 is 9.88. The van der Waals surface area contributed by atoms with Gasteiger partial charge in [0.25, 0.3) is 0 Å². The fraction of sp³-hybridized carbons (Fsp3) is 0.214. The minimum Gasteiger partial charge on any atom is -0.492 e. The fourth-order valence-corrected chi connectivity index (χ4v) is 1.76. The van der Waals surface area contributed by atoms with E-state index < -0.39 is 5.97 Å². The van der Waals surface area contributed by atoms with Gasteiger partial charge in [0.05, 0.1) is 19.9 Å². The van der Waals surface area contributed by atoms with Gasteiger partial charge < -0.3 is 9.47 Å². The normalized spacial score (nSPS) is 10.1. The maximum atomic E-state index is 11.7. The van der Waals surface area contributed by atoms with E-state index in [2.05, 4.69) is 9.97 Å². The van der Waals surface area contributed by atoms with Crippen LogP contribution in [0.2, 0.25) is 0 Å². The van der Waals surface area contributed by atoms with Gasteiger partial charge in [0.15, 0.2) is 17.3 Å². The number of esters is 1. The first-order valence-corrected chi connectivity index (χ1v) is 5.73. The molecule has 0 bridgehead atoms. The number of nitrogens with zero attached hydrogens (tertiary/aromatic N) is 2. The maximum absolute atomic E-state index is 11.7. The highest BCUT2D eigenvalue weighted by molar-refractivity contribution is 5.91. The maximum Gasteiger partial charge on any atom is 0.360 e. The number of carbonyl (C=O) groups excluding carboxylic acids is 1. The minimum absolute atomic E-state index is 0.136. The summed E-state index contributed by atoms with van der Waals surface area (Å²) in [5, 5.41) is 0. The van der Waals surface area contributed by atoms with E-state index >= 15 is 0 Å². The highest BCUT2D eigenvalue weighted by Crippen LogP contribution is 2.24. The molecule has 2 rings (SSSR count). The van der Waals surface area contributed by atoms with Gasteiger partial charge in [-0.15, -0.1) is 0 Å². The monoisotopic (exact) mass is 258 g/mol. The molecule has 19 heavy (non-hydrogen) atoms. The van der Waals surface area contributed by atoms with Gasteiger partial charge in [-0.05, 0) is 6.92 Å². The topological polar surface area (TPSA) is 61.3 Å². The van der Waals surface area contributed by atoms with Crippen molar-refractivity contribution in [2.45, 2.75) is 6.92 Å². The van der Waals surface area contributed by atoms with Crippen LogP contribution in [-0.2, 0) is 4.74 Å². The summed E-state index contributed by atoms with van der Waals surface area (Å²) in [5.41, 5.74) is 1.56. The van der Waals surface area contributed by atoms with Crippen molar-refractivity contribution < 1.29 is 14.3 Å². The molecule has 1 heterocycles. The number of rotatable bonds is 3. The van der Waals surface area contributed by atoms with E-state index in [-0.39, 0.29) is 5.69 Å². The molecular formula is C14H14N2O3. The summed E-state index contributed by atoms with van der Waals surface area (Å²) in [7, 11) is 2.78. The molecule has 0 spiro atoms. The van der Waals surface area contributed by atoms with Crippen LogP contribution in [0.15, 0.2) is 30.3 Å². The summed E-state index contributed by atoms with van der Waals surface area (Å²) in [4.78, 5) is 20.3. The molecule has 1 aromatic carbocycles. The summed E-state index contributed by atoms with van der Waals surface area (Å²) in [6.07, 6.45) is 0. The van der Waals surface area contributed by atoms with Crippen LogP contribution in [0.4, 0.5) is 0 Å². The lowest BCUT2D eigenvalue weighted by molar-refractivity contribution is 0.0589. The second-order valence-electron chi connectivity index (χ2n) is 3.87. The van der Waals surface area contributed by atoms with Gasteiger partial charge in [0.2, 0.25) is 0 Å². The number of ether oxygens (including phenoxy) is 2. The van der Waals surface area contributed by atoms with E-state index in [4.69, 9.17) is 9.47 Å². The lowest BCUT2D eigenvalue weighted by Gasteiger charge is -2.10. The van der Waals surface area contributed by atoms with Crippen LogP contribution in [0, 0.1) is 6.92 Å². The standard InChI is InChI=1S/C14H14N2O3/c1-9-12(18-2)11(14(17)19-3)16-13(15-9)10-7-5-4-6-8-10/h4-8H,1-3H3. The van der Waals surface area contributed by atoms with Crippen LogP contribution in [0.3, 0.4) is 0 Å². The Morgan fingerprint density at radius 1 is 1.11 bits per heavy atom. The summed E-state index contributed by atoms with van der Waals surface area (Å²) >= 11 is 0. The molecular weight excluding hydrogens is 244 g/mol. The van der Waals surface area contributed by atoms with Crippen LogP contribution in [0.5, 0.6) is 5.75 Å². The molecule has 0 saturated heterocycles. The molecule has 98 valence electrons. The Kier molecular flexibility index (Phi) is 3.75. The van der Waals surface area contributed by atoms with Crippen molar-refractivity contribution in [3.63, 3.8) is 0 Å². The van der Waals surface area contributed by atoms with E-state index in [1.165, 1.54) is 14.2 Å². The second-order valence-corrected chi connectivity index (χ2v) is 3.87. The third kappa shape index (κ3) is 2.54. The van der Waals surface area contributed by atoms with E-state index in [0.717, 1.165) is 5.56 Å². The molecule has 0 amide bonds. The predicted octanol–water partition coefficient (Wildman–Crippen LogP) is 2.25. The Hall–Kier alpha value is -2.43. The molecule has 5 nitrogen and oxygen atoms in total. The van der Waals surface area contributed by atoms with Gasteiger partial charge >= 0.3 is 5.97 Å². The number of carbonyl (C=O) groups is 1. The molecule has 0 N–H and O–H groups in total. The zero-order valence-electron chi connectivity index (χ0n) is 11.0. The zero-order chi connectivity index (χ0) is 13.8. The van der Waals surface area contributed by atoms with Crippen molar-refractivity contribution in [1.82, 2.24) is 9.97 Å². The molecule has 0 radical (unpaired) electrons. The van der Waals surface area contributed by atoms with Gasteiger partial charge in [0.1, 0.15) is 0 Å². The van der Waals surface area contributed by atoms with Crippen molar-refractivity contribution >= 4 is 5.97 Å². The first-order valence-electron chi connectivity index (χ1n) is 5.73. The molecule has 0 unspecified atom stereocenters. The Bertz CT molecular complexity index is 597. The van der Waals surface area contributed by atoms with Crippen molar-refractivity contribution in [3.8, 4) is 17.1 Å². The SMILES string of the molecule is COC(=O)c1nc(-c2ccccc2)nc(C)c1OC. The highest BCUT2D eigenvalue weighted by atomic mass is 16.5. The number of methoxy groups -OCH3 is 2. The van der Waals surface area contributed by atoms with Crippen LogP contribution < -0.4 is 4.74 Å². The second kappa shape index (κ2) is 5.48. The van der Waals surface area contributed by atoms with Crippen LogP contribution >= 0.6 is 0 Å². The van der Waals surface area contributed by atoms with Gasteiger partial charge in [-0.1, -0.05) is 30.3 Å². The van der Waals surface area contributed by atoms with Gasteiger partial charge in [0, 0.05) is 5.56 Å². The zero-order valence-corrected chi connectivity index (χ0v) is 11.0. The van der Waals surface area contributed by atoms with Gasteiger partial charge in [-0.2, -0.15) is 0 Å². The molecule has 1 aromatic heterocycles. The van der Waals surface area contributed by atoms with Crippen molar-refractivity contribution in [1.29, 1.82) is 0 Å². The Morgan fingerprint density at radius 2 is 1.79 bits per heavy atom. The number of hydrogen-bond donors (Lipinski definition) is 0. The van der Waals surface area contributed by atoms with Gasteiger partial charge in [-0.25, -0.2) is 14.8 Å². The Labute approximate surface area is 111 Å². The molecule has 5 heteroatoms. The largest absolute Gasteiger partial charge is 0.492 e. The number of benzene rings is 1.